The molecule has 2 aromatic heterocycles. The summed E-state index contributed by atoms with van der Waals surface area (Å²) in [6.45, 7) is 2.11. The lowest BCUT2D eigenvalue weighted by Crippen LogP contribution is -2.14. The van der Waals surface area contributed by atoms with Crippen LogP contribution in [0.15, 0.2) is 12.3 Å². The van der Waals surface area contributed by atoms with E-state index in [4.69, 9.17) is 5.73 Å². The number of nitrogens with two attached hydrogens (primary N) is 1. The Morgan fingerprint density at radius 3 is 2.60 bits per heavy atom. The Morgan fingerprint density at radius 2 is 2.05 bits per heavy atom. The topological polar surface area (TPSA) is 81.7 Å². The van der Waals surface area contributed by atoms with Crippen molar-refractivity contribution in [3.05, 3.63) is 29.3 Å². The number of halogens is 3. The van der Waals surface area contributed by atoms with Gasteiger partial charge in [0, 0.05) is 31.4 Å². The second-order valence-electron chi connectivity index (χ2n) is 4.27. The summed E-state index contributed by atoms with van der Waals surface area (Å²) in [4.78, 5) is 6.57. The number of nitrogens with zero attached hydrogens (tertiary/aromatic N) is 4. The number of hydrogen-bond donors (Lipinski definition) is 2. The Hall–Kier alpha value is -2.32. The zero-order valence-electron chi connectivity index (χ0n) is 10.9. The van der Waals surface area contributed by atoms with E-state index in [1.54, 1.807) is 17.9 Å². The monoisotopic (exact) mass is 286 g/mol. The lowest BCUT2D eigenvalue weighted by molar-refractivity contribution is -0.144. The van der Waals surface area contributed by atoms with Crippen LogP contribution in [0.5, 0.6) is 0 Å². The first-order valence-electron chi connectivity index (χ1n) is 5.70. The van der Waals surface area contributed by atoms with Crippen molar-refractivity contribution >= 4 is 11.6 Å². The van der Waals surface area contributed by atoms with Crippen LogP contribution in [0.2, 0.25) is 0 Å². The van der Waals surface area contributed by atoms with Gasteiger partial charge in [0.05, 0.1) is 5.69 Å². The van der Waals surface area contributed by atoms with E-state index in [9.17, 15) is 13.2 Å². The van der Waals surface area contributed by atoms with Crippen LogP contribution in [0.25, 0.3) is 0 Å². The Balaban J connectivity index is 2.18. The molecule has 6 nitrogen and oxygen atoms in total. The molecule has 0 radical (unpaired) electrons. The third kappa shape index (κ3) is 3.16. The lowest BCUT2D eigenvalue weighted by Gasteiger charge is -2.09. The zero-order valence-corrected chi connectivity index (χ0v) is 10.9. The van der Waals surface area contributed by atoms with Gasteiger partial charge in [0.1, 0.15) is 11.6 Å². The second-order valence-corrected chi connectivity index (χ2v) is 4.27. The van der Waals surface area contributed by atoms with Crippen LogP contribution in [0, 0.1) is 6.92 Å². The maximum atomic E-state index is 12.6. The summed E-state index contributed by atoms with van der Waals surface area (Å²) in [5.74, 6) is -1.48. The second kappa shape index (κ2) is 4.99. The predicted molar refractivity (Wildman–Crippen MR) is 66.7 cm³/mol. The summed E-state index contributed by atoms with van der Waals surface area (Å²) in [6.07, 6.45) is -2.85. The van der Waals surface area contributed by atoms with Crippen molar-refractivity contribution in [1.29, 1.82) is 0 Å². The van der Waals surface area contributed by atoms with Gasteiger partial charge < -0.3 is 11.1 Å². The molecule has 108 valence electrons. The van der Waals surface area contributed by atoms with E-state index in [-0.39, 0.29) is 11.6 Å². The minimum atomic E-state index is -4.63. The number of alkyl halides is 3. The Labute approximate surface area is 112 Å². The SMILES string of the molecule is Cc1nn(C)cc1CNc1cc(N)nc(C(F)(F)F)n1. The van der Waals surface area contributed by atoms with Gasteiger partial charge in [0.2, 0.25) is 5.82 Å². The van der Waals surface area contributed by atoms with Crippen LogP contribution in [-0.4, -0.2) is 19.7 Å². The van der Waals surface area contributed by atoms with Gasteiger partial charge in [-0.25, -0.2) is 9.97 Å². The quantitative estimate of drug-likeness (QED) is 0.898. The van der Waals surface area contributed by atoms with Crippen molar-refractivity contribution in [2.45, 2.75) is 19.6 Å². The van der Waals surface area contributed by atoms with Gasteiger partial charge in [-0.05, 0) is 6.92 Å². The summed E-state index contributed by atoms with van der Waals surface area (Å²) in [6, 6.07) is 1.25. The Morgan fingerprint density at radius 1 is 1.35 bits per heavy atom. The minimum Gasteiger partial charge on any atom is -0.384 e. The fourth-order valence-corrected chi connectivity index (χ4v) is 1.69. The first-order chi connectivity index (χ1) is 9.25. The summed E-state index contributed by atoms with van der Waals surface area (Å²) in [5.41, 5.74) is 7.00. The van der Waals surface area contributed by atoms with Crippen molar-refractivity contribution in [2.24, 2.45) is 7.05 Å². The molecule has 0 saturated carbocycles. The predicted octanol–water partition coefficient (Wildman–Crippen LogP) is 1.73. The van der Waals surface area contributed by atoms with Crippen LogP contribution < -0.4 is 11.1 Å². The van der Waals surface area contributed by atoms with Gasteiger partial charge in [-0.15, -0.1) is 0 Å². The molecule has 0 aliphatic rings. The molecule has 0 saturated heterocycles. The Kier molecular flexibility index (Phi) is 3.51. The molecule has 2 rings (SSSR count). The van der Waals surface area contributed by atoms with Crippen molar-refractivity contribution < 1.29 is 13.2 Å². The van der Waals surface area contributed by atoms with Gasteiger partial charge in [0.15, 0.2) is 0 Å². The molecule has 9 heteroatoms. The number of nitrogens with one attached hydrogen (secondary N) is 1. The highest BCUT2D eigenvalue weighted by Crippen LogP contribution is 2.27. The van der Waals surface area contributed by atoms with E-state index in [2.05, 4.69) is 20.4 Å². The summed E-state index contributed by atoms with van der Waals surface area (Å²) >= 11 is 0. The van der Waals surface area contributed by atoms with E-state index in [1.165, 1.54) is 6.07 Å². The first kappa shape index (κ1) is 14.1. The number of aryl methyl sites for hydroxylation is 2. The third-order valence-electron chi connectivity index (χ3n) is 2.57. The highest BCUT2D eigenvalue weighted by molar-refractivity contribution is 5.45. The van der Waals surface area contributed by atoms with Crippen molar-refractivity contribution in [3.63, 3.8) is 0 Å². The molecule has 0 aliphatic carbocycles. The molecule has 0 unspecified atom stereocenters. The number of hydrogen-bond acceptors (Lipinski definition) is 5. The van der Waals surface area contributed by atoms with E-state index in [0.29, 0.717) is 6.54 Å². The van der Waals surface area contributed by atoms with Gasteiger partial charge in [0.25, 0.3) is 0 Å². The normalized spacial score (nSPS) is 11.7. The van der Waals surface area contributed by atoms with Crippen LogP contribution in [0.1, 0.15) is 17.1 Å². The minimum absolute atomic E-state index is 0.0214. The maximum Gasteiger partial charge on any atom is 0.451 e. The molecule has 0 fully saturated rings. The van der Waals surface area contributed by atoms with Crippen LogP contribution in [0.3, 0.4) is 0 Å². The Bertz CT molecular complexity index is 619. The number of rotatable bonds is 3. The molecule has 20 heavy (non-hydrogen) atoms. The fraction of sp³-hybridized carbons (Fsp3) is 0.364. The lowest BCUT2D eigenvalue weighted by atomic mass is 10.2. The molecule has 0 aliphatic heterocycles. The van der Waals surface area contributed by atoms with Crippen LogP contribution in [0.4, 0.5) is 24.8 Å². The fourth-order valence-electron chi connectivity index (χ4n) is 1.69. The van der Waals surface area contributed by atoms with Gasteiger partial charge >= 0.3 is 6.18 Å². The van der Waals surface area contributed by atoms with Crippen LogP contribution in [-0.2, 0) is 19.8 Å². The van der Waals surface area contributed by atoms with Gasteiger partial charge in [-0.3, -0.25) is 4.68 Å². The highest BCUT2D eigenvalue weighted by Gasteiger charge is 2.35. The molecular formula is C11H13F3N6. The number of nitrogen functional groups attached to an aromatic ring is 1. The molecule has 0 spiro atoms. The molecular weight excluding hydrogens is 273 g/mol. The average Bonchev–Trinajstić information content (AvgIpc) is 2.63. The average molecular weight is 286 g/mol. The summed E-state index contributed by atoms with van der Waals surface area (Å²) in [7, 11) is 1.76. The van der Waals surface area contributed by atoms with Crippen molar-refractivity contribution in [1.82, 2.24) is 19.7 Å². The maximum absolute atomic E-state index is 12.6. The van der Waals surface area contributed by atoms with E-state index in [1.807, 2.05) is 6.92 Å². The highest BCUT2D eigenvalue weighted by atomic mass is 19.4. The smallest absolute Gasteiger partial charge is 0.384 e. The molecule has 2 aromatic rings. The molecule has 3 N–H and O–H groups in total. The van der Waals surface area contributed by atoms with Gasteiger partial charge in [-0.2, -0.15) is 18.3 Å². The third-order valence-corrected chi connectivity index (χ3v) is 2.57. The summed E-state index contributed by atoms with van der Waals surface area (Å²) in [5, 5.41) is 6.92. The first-order valence-corrected chi connectivity index (χ1v) is 5.70. The largest absolute Gasteiger partial charge is 0.451 e. The zero-order chi connectivity index (χ0) is 14.9. The number of aromatic nitrogens is 4. The van der Waals surface area contributed by atoms with Crippen molar-refractivity contribution in [3.8, 4) is 0 Å². The molecule has 0 aromatic carbocycles. The van der Waals surface area contributed by atoms with E-state index < -0.39 is 12.0 Å². The van der Waals surface area contributed by atoms with Crippen LogP contribution >= 0.6 is 0 Å². The molecule has 0 amide bonds. The molecule has 2 heterocycles. The molecule has 0 atom stereocenters. The number of anilines is 2. The van der Waals surface area contributed by atoms with E-state index in [0.717, 1.165) is 11.3 Å². The standard InChI is InChI=1S/C11H13F3N6/c1-6-7(5-20(2)19-6)4-16-9-3-8(15)17-10(18-9)11(12,13)14/h3,5H,4H2,1-2H3,(H3,15,16,17,18). The van der Waals surface area contributed by atoms with Crippen molar-refractivity contribution in [2.75, 3.05) is 11.1 Å². The van der Waals surface area contributed by atoms with E-state index >= 15 is 0 Å². The van der Waals surface area contributed by atoms with Gasteiger partial charge in [-0.1, -0.05) is 0 Å². The molecule has 0 bridgehead atoms. The summed E-state index contributed by atoms with van der Waals surface area (Å²) < 4.78 is 39.3.